The summed E-state index contributed by atoms with van der Waals surface area (Å²) in [6.07, 6.45) is -0.169. The second-order valence-electron chi connectivity index (χ2n) is 5.58. The third-order valence-electron chi connectivity index (χ3n) is 3.68. The molecule has 0 bridgehead atoms. The first-order valence-electron chi connectivity index (χ1n) is 7.75. The number of nitrogens with zero attached hydrogens (tertiary/aromatic N) is 4. The van der Waals surface area contributed by atoms with Crippen molar-refractivity contribution in [3.05, 3.63) is 48.2 Å². The van der Waals surface area contributed by atoms with Crippen molar-refractivity contribution >= 4 is 5.91 Å². The second-order valence-corrected chi connectivity index (χ2v) is 5.58. The zero-order valence-corrected chi connectivity index (χ0v) is 13.5. The number of amides is 1. The molecule has 1 fully saturated rings. The molecule has 3 rings (SSSR count). The van der Waals surface area contributed by atoms with E-state index in [1.54, 1.807) is 0 Å². The predicted octanol–water partition coefficient (Wildman–Crippen LogP) is 1.81. The van der Waals surface area contributed by atoms with Gasteiger partial charge in [-0.15, -0.1) is 0 Å². The molecule has 0 unspecified atom stereocenters. The molecule has 7 nitrogen and oxygen atoms in total. The molecule has 0 spiro atoms. The van der Waals surface area contributed by atoms with Crippen molar-refractivity contribution in [2.75, 3.05) is 26.3 Å². The van der Waals surface area contributed by atoms with Crippen molar-refractivity contribution in [3.63, 3.8) is 0 Å². The fraction of sp³-hybridized carbons (Fsp3) is 0.375. The van der Waals surface area contributed by atoms with Crippen LogP contribution in [0.15, 0.2) is 37.1 Å². The normalized spacial score (nSPS) is 18.3. The van der Waals surface area contributed by atoms with E-state index < -0.39 is 17.8 Å². The van der Waals surface area contributed by atoms with E-state index in [-0.39, 0.29) is 24.9 Å². The van der Waals surface area contributed by atoms with Gasteiger partial charge >= 0.3 is 6.18 Å². The highest BCUT2D eigenvalue weighted by Gasteiger charge is 2.31. The van der Waals surface area contributed by atoms with Crippen LogP contribution in [-0.2, 0) is 10.9 Å². The van der Waals surface area contributed by atoms with Gasteiger partial charge in [-0.25, -0.2) is 15.0 Å². The molecule has 1 saturated heterocycles. The fourth-order valence-corrected chi connectivity index (χ4v) is 2.42. The molecule has 26 heavy (non-hydrogen) atoms. The van der Waals surface area contributed by atoms with Crippen molar-refractivity contribution in [1.82, 2.24) is 19.9 Å². The summed E-state index contributed by atoms with van der Waals surface area (Å²) in [6, 6.07) is 2.04. The monoisotopic (exact) mass is 368 g/mol. The molecule has 2 aromatic heterocycles. The molecule has 1 atom stereocenters. The number of rotatable bonds is 3. The molecule has 0 saturated carbocycles. The summed E-state index contributed by atoms with van der Waals surface area (Å²) < 4.78 is 48.7. The Balaban J connectivity index is 1.67. The topological polar surface area (TPSA) is 77.4 Å². The first-order chi connectivity index (χ1) is 12.4. The van der Waals surface area contributed by atoms with Crippen molar-refractivity contribution in [2.45, 2.75) is 12.3 Å². The van der Waals surface area contributed by atoms with Gasteiger partial charge in [-0.3, -0.25) is 4.79 Å². The Hall–Kier alpha value is -2.75. The van der Waals surface area contributed by atoms with E-state index in [0.717, 1.165) is 12.1 Å². The van der Waals surface area contributed by atoms with E-state index in [2.05, 4.69) is 15.0 Å². The largest absolute Gasteiger partial charge is 0.470 e. The number of hydrogen-bond acceptors (Lipinski definition) is 6. The number of ether oxygens (including phenoxy) is 2. The third kappa shape index (κ3) is 4.45. The predicted molar refractivity (Wildman–Crippen MR) is 82.4 cm³/mol. The number of hydrogen-bond donors (Lipinski definition) is 0. The maximum absolute atomic E-state index is 12.6. The Morgan fingerprint density at radius 3 is 2.65 bits per heavy atom. The number of carbonyl (C=O) groups is 1. The van der Waals surface area contributed by atoms with E-state index in [1.807, 2.05) is 0 Å². The molecule has 10 heteroatoms. The SMILES string of the molecule is O=C(c1cncnc1)N1CCOC[C@H](Oc2ccc(C(F)(F)F)cn2)C1. The summed E-state index contributed by atoms with van der Waals surface area (Å²) in [5, 5.41) is 0. The van der Waals surface area contributed by atoms with Crippen molar-refractivity contribution < 1.29 is 27.4 Å². The molecule has 0 N–H and O–H groups in total. The van der Waals surface area contributed by atoms with Gasteiger partial charge in [-0.1, -0.05) is 0 Å². The number of pyridine rings is 1. The van der Waals surface area contributed by atoms with Crippen molar-refractivity contribution in [3.8, 4) is 5.88 Å². The summed E-state index contributed by atoms with van der Waals surface area (Å²) >= 11 is 0. The van der Waals surface area contributed by atoms with Crippen LogP contribution in [0.4, 0.5) is 13.2 Å². The molecule has 1 aliphatic rings. The first-order valence-corrected chi connectivity index (χ1v) is 7.75. The smallest absolute Gasteiger partial charge is 0.417 e. The lowest BCUT2D eigenvalue weighted by Gasteiger charge is -2.23. The van der Waals surface area contributed by atoms with Crippen LogP contribution >= 0.6 is 0 Å². The molecule has 0 radical (unpaired) electrons. The van der Waals surface area contributed by atoms with Gasteiger partial charge in [-0.05, 0) is 6.07 Å². The quantitative estimate of drug-likeness (QED) is 0.822. The first kappa shape index (κ1) is 18.1. The van der Waals surface area contributed by atoms with Crippen LogP contribution in [0.25, 0.3) is 0 Å². The molecule has 1 amide bonds. The van der Waals surface area contributed by atoms with Crippen LogP contribution < -0.4 is 4.74 Å². The zero-order valence-electron chi connectivity index (χ0n) is 13.5. The minimum Gasteiger partial charge on any atom is -0.470 e. The Bertz CT molecular complexity index is 741. The van der Waals surface area contributed by atoms with Crippen LogP contribution in [0, 0.1) is 0 Å². The summed E-state index contributed by atoms with van der Waals surface area (Å²) in [6.45, 7) is 1.07. The van der Waals surface area contributed by atoms with E-state index in [0.29, 0.717) is 24.9 Å². The average molecular weight is 368 g/mol. The molecule has 3 heterocycles. The van der Waals surface area contributed by atoms with Crippen LogP contribution in [-0.4, -0.2) is 58.2 Å². The number of halogens is 3. The number of alkyl halides is 3. The Morgan fingerprint density at radius 1 is 1.23 bits per heavy atom. The lowest BCUT2D eigenvalue weighted by atomic mass is 10.2. The van der Waals surface area contributed by atoms with Gasteiger partial charge in [0.15, 0.2) is 0 Å². The van der Waals surface area contributed by atoms with Gasteiger partial charge in [0, 0.05) is 31.2 Å². The van der Waals surface area contributed by atoms with Gasteiger partial charge < -0.3 is 14.4 Å². The Kier molecular flexibility index (Phi) is 5.31. The van der Waals surface area contributed by atoms with E-state index >= 15 is 0 Å². The van der Waals surface area contributed by atoms with Gasteiger partial charge in [0.2, 0.25) is 5.88 Å². The average Bonchev–Trinajstić information content (AvgIpc) is 2.87. The third-order valence-corrected chi connectivity index (χ3v) is 3.68. The van der Waals surface area contributed by atoms with Gasteiger partial charge in [0.05, 0.1) is 30.9 Å². The van der Waals surface area contributed by atoms with Gasteiger partial charge in [0.25, 0.3) is 5.91 Å². The summed E-state index contributed by atoms with van der Waals surface area (Å²) in [4.78, 5) is 25.3. The maximum Gasteiger partial charge on any atom is 0.417 e. The summed E-state index contributed by atoms with van der Waals surface area (Å²) in [7, 11) is 0. The molecular formula is C16H15F3N4O3. The van der Waals surface area contributed by atoms with Crippen LogP contribution in [0.5, 0.6) is 5.88 Å². The Labute approximate surface area is 146 Å². The van der Waals surface area contributed by atoms with Crippen molar-refractivity contribution in [2.24, 2.45) is 0 Å². The van der Waals surface area contributed by atoms with Crippen molar-refractivity contribution in [1.29, 1.82) is 0 Å². The summed E-state index contributed by atoms with van der Waals surface area (Å²) in [5.74, 6) is -0.242. The Morgan fingerprint density at radius 2 is 2.00 bits per heavy atom. The minimum absolute atomic E-state index is 0.0314. The van der Waals surface area contributed by atoms with Gasteiger partial charge in [0.1, 0.15) is 12.4 Å². The second kappa shape index (κ2) is 7.65. The van der Waals surface area contributed by atoms with Crippen LogP contribution in [0.1, 0.15) is 15.9 Å². The fourth-order valence-electron chi connectivity index (χ4n) is 2.42. The number of carbonyl (C=O) groups excluding carboxylic acids is 1. The lowest BCUT2D eigenvalue weighted by Crippen LogP contribution is -2.40. The highest BCUT2D eigenvalue weighted by Crippen LogP contribution is 2.29. The highest BCUT2D eigenvalue weighted by molar-refractivity contribution is 5.93. The molecule has 138 valence electrons. The highest BCUT2D eigenvalue weighted by atomic mass is 19.4. The molecule has 2 aromatic rings. The van der Waals surface area contributed by atoms with Crippen LogP contribution in [0.2, 0.25) is 0 Å². The van der Waals surface area contributed by atoms with E-state index in [1.165, 1.54) is 23.6 Å². The zero-order chi connectivity index (χ0) is 18.6. The molecule has 0 aliphatic carbocycles. The maximum atomic E-state index is 12.6. The molecule has 0 aromatic carbocycles. The van der Waals surface area contributed by atoms with E-state index in [9.17, 15) is 18.0 Å². The lowest BCUT2D eigenvalue weighted by molar-refractivity contribution is -0.137. The standard InChI is InChI=1S/C16H15F3N4O3/c17-16(18,19)12-1-2-14(22-7-12)26-13-8-23(3-4-25-9-13)15(24)11-5-20-10-21-6-11/h1-2,5-7,10,13H,3-4,8-9H2/t13-/m1/s1. The van der Waals surface area contributed by atoms with Crippen LogP contribution in [0.3, 0.4) is 0 Å². The summed E-state index contributed by atoms with van der Waals surface area (Å²) in [5.41, 5.74) is -0.524. The number of aromatic nitrogens is 3. The van der Waals surface area contributed by atoms with E-state index in [4.69, 9.17) is 9.47 Å². The minimum atomic E-state index is -4.46. The molecule has 1 aliphatic heterocycles. The molecular weight excluding hydrogens is 353 g/mol. The van der Waals surface area contributed by atoms with Gasteiger partial charge in [-0.2, -0.15) is 13.2 Å².